The fourth-order valence-corrected chi connectivity index (χ4v) is 4.11. The Kier molecular flexibility index (Phi) is 7.04. The van der Waals surface area contributed by atoms with Crippen molar-refractivity contribution in [2.24, 2.45) is 0 Å². The molecule has 0 spiro atoms. The first-order chi connectivity index (χ1) is 13.6. The molecule has 0 saturated heterocycles. The highest BCUT2D eigenvalue weighted by atomic mass is 35.5. The summed E-state index contributed by atoms with van der Waals surface area (Å²) in [7, 11) is 0. The zero-order valence-electron chi connectivity index (χ0n) is 16.2. The second-order valence-electron chi connectivity index (χ2n) is 7.56. The van der Waals surface area contributed by atoms with Crippen molar-refractivity contribution in [2.75, 3.05) is 25.0 Å². The van der Waals surface area contributed by atoms with E-state index < -0.39 is 0 Å². The Morgan fingerprint density at radius 3 is 2.52 bits per heavy atom. The third-order valence-corrected chi connectivity index (χ3v) is 5.69. The van der Waals surface area contributed by atoms with E-state index in [-0.39, 0.29) is 35.9 Å². The minimum Gasteiger partial charge on any atom is -0.325 e. The van der Waals surface area contributed by atoms with Gasteiger partial charge in [-0.3, -0.25) is 9.69 Å². The number of nitrogens with one attached hydrogen (secondary N) is 1. The van der Waals surface area contributed by atoms with Gasteiger partial charge in [-0.15, -0.1) is 12.4 Å². The molecule has 0 saturated carbocycles. The SMILES string of the molecule is Cl.O=C1Nc2cc(F)ccc2C1CCCCN1CC=C(c2ccc(F)cc2)CC1. The predicted octanol–water partition coefficient (Wildman–Crippen LogP) is 5.38. The number of nitrogens with zero attached hydrogens (tertiary/aromatic N) is 1. The number of carbonyl (C=O) groups excluding carboxylic acids is 1. The number of carbonyl (C=O) groups is 1. The lowest BCUT2D eigenvalue weighted by Crippen LogP contribution is -2.29. The number of fused-ring (bicyclic) bond motifs is 1. The van der Waals surface area contributed by atoms with Crippen LogP contribution in [-0.2, 0) is 4.79 Å². The molecular formula is C23H25ClF2N2O. The lowest BCUT2D eigenvalue weighted by atomic mass is 9.94. The van der Waals surface area contributed by atoms with Crippen LogP contribution in [0.4, 0.5) is 14.5 Å². The predicted molar refractivity (Wildman–Crippen MR) is 114 cm³/mol. The maximum Gasteiger partial charge on any atom is 0.232 e. The average molecular weight is 419 g/mol. The Morgan fingerprint density at radius 1 is 1.03 bits per heavy atom. The zero-order chi connectivity index (χ0) is 19.5. The number of amides is 1. The average Bonchev–Trinajstić information content (AvgIpc) is 3.00. The highest BCUT2D eigenvalue weighted by Gasteiger charge is 2.30. The van der Waals surface area contributed by atoms with Crippen molar-refractivity contribution in [3.05, 3.63) is 71.3 Å². The van der Waals surface area contributed by atoms with Crippen molar-refractivity contribution in [1.82, 2.24) is 4.90 Å². The first-order valence-electron chi connectivity index (χ1n) is 9.88. The van der Waals surface area contributed by atoms with Crippen molar-refractivity contribution in [3.63, 3.8) is 0 Å². The summed E-state index contributed by atoms with van der Waals surface area (Å²) in [5.74, 6) is -0.712. The Balaban J connectivity index is 0.00000240. The molecule has 0 aromatic heterocycles. The van der Waals surface area contributed by atoms with Crippen molar-refractivity contribution in [2.45, 2.75) is 31.6 Å². The van der Waals surface area contributed by atoms with Gasteiger partial charge in [-0.2, -0.15) is 0 Å². The molecule has 0 aliphatic carbocycles. The normalized spacial score (nSPS) is 18.6. The smallest absolute Gasteiger partial charge is 0.232 e. The number of hydrogen-bond donors (Lipinski definition) is 1. The van der Waals surface area contributed by atoms with Gasteiger partial charge >= 0.3 is 0 Å². The van der Waals surface area contributed by atoms with E-state index in [9.17, 15) is 13.6 Å². The summed E-state index contributed by atoms with van der Waals surface area (Å²) < 4.78 is 26.4. The van der Waals surface area contributed by atoms with Gasteiger partial charge < -0.3 is 5.32 Å². The quantitative estimate of drug-likeness (QED) is 0.638. The number of halogens is 3. The number of anilines is 1. The first kappa shape index (κ1) is 21.5. The zero-order valence-corrected chi connectivity index (χ0v) is 17.0. The molecular weight excluding hydrogens is 394 g/mol. The van der Waals surface area contributed by atoms with Crippen molar-refractivity contribution >= 4 is 29.6 Å². The summed E-state index contributed by atoms with van der Waals surface area (Å²) in [6, 6.07) is 11.2. The second kappa shape index (κ2) is 9.51. The topological polar surface area (TPSA) is 32.3 Å². The van der Waals surface area contributed by atoms with E-state index in [4.69, 9.17) is 0 Å². The van der Waals surface area contributed by atoms with Crippen LogP contribution in [0.5, 0.6) is 0 Å². The lowest BCUT2D eigenvalue weighted by molar-refractivity contribution is -0.117. The molecule has 0 radical (unpaired) electrons. The second-order valence-corrected chi connectivity index (χ2v) is 7.56. The molecule has 1 atom stereocenters. The van der Waals surface area contributed by atoms with Crippen LogP contribution in [-0.4, -0.2) is 30.4 Å². The van der Waals surface area contributed by atoms with Crippen LogP contribution in [0.25, 0.3) is 5.57 Å². The van der Waals surface area contributed by atoms with Gasteiger partial charge in [0, 0.05) is 18.8 Å². The van der Waals surface area contributed by atoms with Crippen molar-refractivity contribution in [1.29, 1.82) is 0 Å². The molecule has 2 aromatic rings. The lowest BCUT2D eigenvalue weighted by Gasteiger charge is -2.26. The number of rotatable bonds is 6. The Hall–Kier alpha value is -2.24. The van der Waals surface area contributed by atoms with Gasteiger partial charge in [0.25, 0.3) is 0 Å². The van der Waals surface area contributed by atoms with E-state index in [0.29, 0.717) is 5.69 Å². The van der Waals surface area contributed by atoms with E-state index >= 15 is 0 Å². The molecule has 0 bridgehead atoms. The molecule has 0 fully saturated rings. The third kappa shape index (κ3) is 5.03. The summed E-state index contributed by atoms with van der Waals surface area (Å²) in [4.78, 5) is 14.6. The van der Waals surface area contributed by atoms with Crippen LogP contribution in [0.3, 0.4) is 0 Å². The van der Waals surface area contributed by atoms with Gasteiger partial charge in [-0.25, -0.2) is 8.78 Å². The van der Waals surface area contributed by atoms with E-state index in [1.807, 2.05) is 12.1 Å². The fraction of sp³-hybridized carbons (Fsp3) is 0.348. The van der Waals surface area contributed by atoms with Gasteiger partial charge in [-0.05, 0) is 66.8 Å². The number of hydrogen-bond acceptors (Lipinski definition) is 2. The van der Waals surface area contributed by atoms with Crippen LogP contribution in [0.15, 0.2) is 48.5 Å². The molecule has 154 valence electrons. The Labute approximate surface area is 176 Å². The molecule has 1 unspecified atom stereocenters. The van der Waals surface area contributed by atoms with Gasteiger partial charge in [0.1, 0.15) is 11.6 Å². The summed E-state index contributed by atoms with van der Waals surface area (Å²) in [6.45, 7) is 2.89. The number of unbranched alkanes of at least 4 members (excludes halogenated alkanes) is 1. The van der Waals surface area contributed by atoms with E-state index in [0.717, 1.165) is 56.4 Å². The molecule has 2 aromatic carbocycles. The molecule has 6 heteroatoms. The molecule has 4 rings (SSSR count). The minimum absolute atomic E-state index is 0. The highest BCUT2D eigenvalue weighted by molar-refractivity contribution is 6.02. The minimum atomic E-state index is -0.321. The van der Waals surface area contributed by atoms with Crippen LogP contribution in [0, 0.1) is 11.6 Å². The van der Waals surface area contributed by atoms with Gasteiger partial charge in [0.15, 0.2) is 0 Å². The maximum atomic E-state index is 13.3. The standard InChI is InChI=1S/C23H24F2N2O.ClH/c24-18-6-4-16(5-7-18)17-10-13-27(14-11-17)12-2-1-3-21-20-9-8-19(25)15-22(20)26-23(21)28;/h4-10,15,21H,1-3,11-14H2,(H,26,28);1H. The van der Waals surface area contributed by atoms with Gasteiger partial charge in [0.05, 0.1) is 5.92 Å². The summed E-state index contributed by atoms with van der Waals surface area (Å²) in [6.07, 6.45) is 5.97. The largest absolute Gasteiger partial charge is 0.325 e. The van der Waals surface area contributed by atoms with E-state index in [1.54, 1.807) is 6.07 Å². The third-order valence-electron chi connectivity index (χ3n) is 5.69. The van der Waals surface area contributed by atoms with Crippen LogP contribution in [0.2, 0.25) is 0 Å². The van der Waals surface area contributed by atoms with Crippen LogP contribution in [0.1, 0.15) is 42.7 Å². The van der Waals surface area contributed by atoms with Crippen LogP contribution < -0.4 is 5.32 Å². The van der Waals surface area contributed by atoms with Gasteiger partial charge in [-0.1, -0.05) is 30.7 Å². The van der Waals surface area contributed by atoms with E-state index in [2.05, 4.69) is 16.3 Å². The molecule has 1 amide bonds. The first-order valence-corrected chi connectivity index (χ1v) is 9.88. The van der Waals surface area contributed by atoms with E-state index in [1.165, 1.54) is 29.8 Å². The van der Waals surface area contributed by atoms with Crippen molar-refractivity contribution < 1.29 is 13.6 Å². The molecule has 29 heavy (non-hydrogen) atoms. The highest BCUT2D eigenvalue weighted by Crippen LogP contribution is 2.36. The monoisotopic (exact) mass is 418 g/mol. The molecule has 2 aliphatic rings. The molecule has 2 heterocycles. The number of benzene rings is 2. The fourth-order valence-electron chi connectivity index (χ4n) is 4.11. The molecule has 2 aliphatic heterocycles. The molecule has 3 nitrogen and oxygen atoms in total. The molecule has 1 N–H and O–H groups in total. The summed E-state index contributed by atoms with van der Waals surface area (Å²) in [5.41, 5.74) is 3.91. The summed E-state index contributed by atoms with van der Waals surface area (Å²) in [5, 5.41) is 2.78. The Bertz CT molecular complexity index is 898. The van der Waals surface area contributed by atoms with Crippen molar-refractivity contribution in [3.8, 4) is 0 Å². The summed E-state index contributed by atoms with van der Waals surface area (Å²) >= 11 is 0. The van der Waals surface area contributed by atoms with Gasteiger partial charge in [0.2, 0.25) is 5.91 Å². The Morgan fingerprint density at radius 2 is 1.79 bits per heavy atom. The van der Waals surface area contributed by atoms with Crippen LogP contribution >= 0.6 is 12.4 Å². The maximum absolute atomic E-state index is 13.3.